The minimum atomic E-state index is 0.299. The summed E-state index contributed by atoms with van der Waals surface area (Å²) in [5.74, 6) is 1.55. The summed E-state index contributed by atoms with van der Waals surface area (Å²) in [5.41, 5.74) is 0. The lowest BCUT2D eigenvalue weighted by Gasteiger charge is -2.32. The number of hydrogen-bond acceptors (Lipinski definition) is 3. The van der Waals surface area contributed by atoms with Crippen LogP contribution in [0.2, 0.25) is 0 Å². The van der Waals surface area contributed by atoms with Gasteiger partial charge in [0.1, 0.15) is 0 Å². The molecule has 1 atom stereocenters. The zero-order chi connectivity index (χ0) is 12.0. The highest BCUT2D eigenvalue weighted by molar-refractivity contribution is 4.75. The Balaban J connectivity index is 2.12. The minimum Gasteiger partial charge on any atom is -0.395 e. The second-order valence-electron chi connectivity index (χ2n) is 5.45. The Hall–Kier alpha value is -0.120. The number of hydrogen-bond donors (Lipinski definition) is 2. The van der Waals surface area contributed by atoms with Crippen molar-refractivity contribution in [3.63, 3.8) is 0 Å². The Morgan fingerprint density at radius 3 is 2.38 bits per heavy atom. The van der Waals surface area contributed by atoms with Gasteiger partial charge in [0.2, 0.25) is 0 Å². The summed E-state index contributed by atoms with van der Waals surface area (Å²) in [6.07, 6.45) is 2.55. The van der Waals surface area contributed by atoms with Gasteiger partial charge in [-0.1, -0.05) is 13.8 Å². The topological polar surface area (TPSA) is 35.5 Å². The molecule has 1 saturated heterocycles. The number of piperidine rings is 1. The predicted molar refractivity (Wildman–Crippen MR) is 68.6 cm³/mol. The Morgan fingerprint density at radius 1 is 1.25 bits per heavy atom. The van der Waals surface area contributed by atoms with Crippen molar-refractivity contribution >= 4 is 0 Å². The molecule has 3 nitrogen and oxygen atoms in total. The second-order valence-corrected chi connectivity index (χ2v) is 5.45. The molecule has 1 aliphatic rings. The second kappa shape index (κ2) is 7.25. The fraction of sp³-hybridized carbons (Fsp3) is 1.00. The Morgan fingerprint density at radius 2 is 1.88 bits per heavy atom. The fourth-order valence-electron chi connectivity index (χ4n) is 2.14. The number of nitrogens with zero attached hydrogens (tertiary/aromatic N) is 1. The molecule has 16 heavy (non-hydrogen) atoms. The summed E-state index contributed by atoms with van der Waals surface area (Å²) in [6.45, 7) is 11.4. The number of aliphatic hydroxyl groups excluding tert-OH is 1. The van der Waals surface area contributed by atoms with Crippen LogP contribution in [0.5, 0.6) is 0 Å². The van der Waals surface area contributed by atoms with Crippen molar-refractivity contribution in [2.24, 2.45) is 11.8 Å². The fourth-order valence-corrected chi connectivity index (χ4v) is 2.14. The lowest BCUT2D eigenvalue weighted by atomic mass is 9.96. The Bertz CT molecular complexity index is 177. The van der Waals surface area contributed by atoms with E-state index in [1.165, 1.54) is 12.8 Å². The van der Waals surface area contributed by atoms with Crippen LogP contribution >= 0.6 is 0 Å². The van der Waals surface area contributed by atoms with E-state index in [1.807, 2.05) is 0 Å². The quantitative estimate of drug-likeness (QED) is 0.720. The van der Waals surface area contributed by atoms with Gasteiger partial charge in [0.15, 0.2) is 0 Å². The SMILES string of the molecule is CC(C)C(C)NCC1CCN(CCO)CC1. The third-order valence-electron chi connectivity index (χ3n) is 3.85. The summed E-state index contributed by atoms with van der Waals surface area (Å²) < 4.78 is 0. The van der Waals surface area contributed by atoms with Crippen molar-refractivity contribution in [2.45, 2.75) is 39.7 Å². The molecule has 96 valence electrons. The number of likely N-dealkylation sites (tertiary alicyclic amines) is 1. The van der Waals surface area contributed by atoms with Gasteiger partial charge in [-0.05, 0) is 51.2 Å². The highest BCUT2D eigenvalue weighted by Crippen LogP contribution is 2.16. The molecule has 1 fully saturated rings. The number of β-amino-alcohol motifs (C(OH)–C–C–N with tert-alkyl or cyclic N) is 1. The summed E-state index contributed by atoms with van der Waals surface area (Å²) >= 11 is 0. The monoisotopic (exact) mass is 228 g/mol. The first-order valence-corrected chi connectivity index (χ1v) is 6.70. The molecule has 3 heteroatoms. The van der Waals surface area contributed by atoms with E-state index in [2.05, 4.69) is 31.0 Å². The largest absolute Gasteiger partial charge is 0.395 e. The third kappa shape index (κ3) is 4.81. The highest BCUT2D eigenvalue weighted by Gasteiger charge is 2.19. The molecule has 0 spiro atoms. The van der Waals surface area contributed by atoms with Gasteiger partial charge < -0.3 is 15.3 Å². The number of rotatable bonds is 6. The van der Waals surface area contributed by atoms with Gasteiger partial charge in [-0.2, -0.15) is 0 Å². The van der Waals surface area contributed by atoms with E-state index in [0.29, 0.717) is 12.6 Å². The summed E-state index contributed by atoms with van der Waals surface area (Å²) in [6, 6.07) is 0.621. The molecular formula is C13H28N2O. The van der Waals surface area contributed by atoms with E-state index in [9.17, 15) is 0 Å². The van der Waals surface area contributed by atoms with Crippen LogP contribution in [0, 0.1) is 11.8 Å². The predicted octanol–water partition coefficient (Wildman–Crippen LogP) is 1.32. The maximum Gasteiger partial charge on any atom is 0.0558 e. The maximum atomic E-state index is 8.87. The van der Waals surface area contributed by atoms with Crippen molar-refractivity contribution in [3.8, 4) is 0 Å². The van der Waals surface area contributed by atoms with Crippen LogP contribution in [-0.4, -0.2) is 48.8 Å². The first-order valence-electron chi connectivity index (χ1n) is 6.70. The van der Waals surface area contributed by atoms with Gasteiger partial charge >= 0.3 is 0 Å². The molecule has 2 N–H and O–H groups in total. The van der Waals surface area contributed by atoms with Crippen LogP contribution in [0.15, 0.2) is 0 Å². The molecule has 0 aromatic carbocycles. The Labute approximate surface area is 100 Å². The molecule has 0 aromatic rings. The van der Waals surface area contributed by atoms with E-state index >= 15 is 0 Å². The third-order valence-corrected chi connectivity index (χ3v) is 3.85. The molecular weight excluding hydrogens is 200 g/mol. The first kappa shape index (κ1) is 13.9. The highest BCUT2D eigenvalue weighted by atomic mass is 16.3. The minimum absolute atomic E-state index is 0.299. The molecule has 0 aliphatic carbocycles. The van der Waals surface area contributed by atoms with E-state index in [1.54, 1.807) is 0 Å². The molecule has 1 aliphatic heterocycles. The molecule has 1 unspecified atom stereocenters. The molecule has 0 radical (unpaired) electrons. The van der Waals surface area contributed by atoms with Gasteiger partial charge in [0.05, 0.1) is 6.61 Å². The van der Waals surface area contributed by atoms with Crippen LogP contribution in [0.3, 0.4) is 0 Å². The molecule has 1 rings (SSSR count). The summed E-state index contributed by atoms with van der Waals surface area (Å²) in [7, 11) is 0. The Kier molecular flexibility index (Phi) is 6.32. The van der Waals surface area contributed by atoms with Gasteiger partial charge in [-0.15, -0.1) is 0 Å². The number of aliphatic hydroxyl groups is 1. The van der Waals surface area contributed by atoms with Crippen LogP contribution in [0.1, 0.15) is 33.6 Å². The molecule has 0 amide bonds. The van der Waals surface area contributed by atoms with E-state index in [-0.39, 0.29) is 0 Å². The standard InChI is InChI=1S/C13H28N2O/c1-11(2)12(3)14-10-13-4-6-15(7-5-13)8-9-16/h11-14,16H,4-10H2,1-3H3. The summed E-state index contributed by atoms with van der Waals surface area (Å²) in [4.78, 5) is 2.36. The lowest BCUT2D eigenvalue weighted by molar-refractivity contribution is 0.145. The van der Waals surface area contributed by atoms with Gasteiger partial charge in [-0.3, -0.25) is 0 Å². The van der Waals surface area contributed by atoms with Crippen molar-refractivity contribution < 1.29 is 5.11 Å². The van der Waals surface area contributed by atoms with Crippen LogP contribution in [0.25, 0.3) is 0 Å². The van der Waals surface area contributed by atoms with E-state index in [0.717, 1.165) is 38.0 Å². The average Bonchev–Trinajstić information content (AvgIpc) is 2.28. The maximum absolute atomic E-state index is 8.87. The van der Waals surface area contributed by atoms with Crippen molar-refractivity contribution in [3.05, 3.63) is 0 Å². The first-order chi connectivity index (χ1) is 7.63. The molecule has 1 heterocycles. The van der Waals surface area contributed by atoms with E-state index in [4.69, 9.17) is 5.11 Å². The zero-order valence-electron chi connectivity index (χ0n) is 11.1. The summed E-state index contributed by atoms with van der Waals surface area (Å²) in [5, 5.41) is 12.5. The van der Waals surface area contributed by atoms with Crippen molar-refractivity contribution in [1.82, 2.24) is 10.2 Å². The average molecular weight is 228 g/mol. The van der Waals surface area contributed by atoms with Crippen LogP contribution in [0.4, 0.5) is 0 Å². The van der Waals surface area contributed by atoms with Gasteiger partial charge in [0.25, 0.3) is 0 Å². The molecule has 0 bridgehead atoms. The van der Waals surface area contributed by atoms with Gasteiger partial charge in [-0.25, -0.2) is 0 Å². The van der Waals surface area contributed by atoms with E-state index < -0.39 is 0 Å². The van der Waals surface area contributed by atoms with Crippen LogP contribution in [-0.2, 0) is 0 Å². The molecule has 0 saturated carbocycles. The number of nitrogens with one attached hydrogen (secondary N) is 1. The lowest BCUT2D eigenvalue weighted by Crippen LogP contribution is -2.41. The van der Waals surface area contributed by atoms with Crippen molar-refractivity contribution in [2.75, 3.05) is 32.8 Å². The smallest absolute Gasteiger partial charge is 0.0558 e. The zero-order valence-corrected chi connectivity index (χ0v) is 11.1. The normalized spacial score (nSPS) is 21.6. The molecule has 0 aromatic heterocycles. The van der Waals surface area contributed by atoms with Crippen LogP contribution < -0.4 is 5.32 Å². The van der Waals surface area contributed by atoms with Gasteiger partial charge in [0, 0.05) is 12.6 Å². The van der Waals surface area contributed by atoms with Crippen molar-refractivity contribution in [1.29, 1.82) is 0 Å².